The van der Waals surface area contributed by atoms with Gasteiger partial charge < -0.3 is 10.1 Å². The van der Waals surface area contributed by atoms with Gasteiger partial charge in [0.15, 0.2) is 0 Å². The summed E-state index contributed by atoms with van der Waals surface area (Å²) in [5.74, 6) is 0.776. The number of hydrogen-bond donors (Lipinski definition) is 2. The van der Waals surface area contributed by atoms with E-state index in [2.05, 4.69) is 10.0 Å². The van der Waals surface area contributed by atoms with Gasteiger partial charge in [0.1, 0.15) is 5.75 Å². The van der Waals surface area contributed by atoms with E-state index in [4.69, 9.17) is 4.74 Å². The SMILES string of the molecule is CCOc1ccccc1Nc1ccc(NS(C)(=O)=O)cc1. The van der Waals surface area contributed by atoms with E-state index in [9.17, 15) is 8.42 Å². The van der Waals surface area contributed by atoms with Crippen molar-refractivity contribution in [2.45, 2.75) is 6.92 Å². The van der Waals surface area contributed by atoms with Crippen molar-refractivity contribution in [3.8, 4) is 5.75 Å². The molecule has 0 spiro atoms. The number of nitrogens with one attached hydrogen (secondary N) is 2. The van der Waals surface area contributed by atoms with Crippen molar-refractivity contribution >= 4 is 27.1 Å². The number of para-hydroxylation sites is 2. The van der Waals surface area contributed by atoms with Crippen molar-refractivity contribution in [3.63, 3.8) is 0 Å². The molecule has 2 aromatic carbocycles. The summed E-state index contributed by atoms with van der Waals surface area (Å²) in [5.41, 5.74) is 2.24. The Labute approximate surface area is 125 Å². The first-order chi connectivity index (χ1) is 9.98. The van der Waals surface area contributed by atoms with Gasteiger partial charge in [-0.3, -0.25) is 4.72 Å². The molecule has 0 heterocycles. The van der Waals surface area contributed by atoms with Gasteiger partial charge in [-0.1, -0.05) is 12.1 Å². The zero-order chi connectivity index (χ0) is 15.3. The lowest BCUT2D eigenvalue weighted by Crippen LogP contribution is -2.09. The molecule has 0 aliphatic carbocycles. The van der Waals surface area contributed by atoms with Crippen LogP contribution in [0, 0.1) is 0 Å². The highest BCUT2D eigenvalue weighted by atomic mass is 32.2. The monoisotopic (exact) mass is 306 g/mol. The zero-order valence-corrected chi connectivity index (χ0v) is 12.8. The Kier molecular flexibility index (Phi) is 4.70. The van der Waals surface area contributed by atoms with Gasteiger partial charge in [0.2, 0.25) is 10.0 Å². The summed E-state index contributed by atoms with van der Waals surface area (Å²) in [6, 6.07) is 14.7. The fraction of sp³-hybridized carbons (Fsp3) is 0.200. The first kappa shape index (κ1) is 15.2. The highest BCUT2D eigenvalue weighted by Gasteiger charge is 2.04. The van der Waals surface area contributed by atoms with Gasteiger partial charge in [0.05, 0.1) is 18.6 Å². The normalized spacial score (nSPS) is 11.0. The lowest BCUT2D eigenvalue weighted by molar-refractivity contribution is 0.342. The fourth-order valence-electron chi connectivity index (χ4n) is 1.84. The molecule has 0 radical (unpaired) electrons. The largest absolute Gasteiger partial charge is 0.492 e. The van der Waals surface area contributed by atoms with Crippen LogP contribution in [0.1, 0.15) is 6.92 Å². The van der Waals surface area contributed by atoms with Crippen molar-refractivity contribution in [3.05, 3.63) is 48.5 Å². The second kappa shape index (κ2) is 6.49. The van der Waals surface area contributed by atoms with Gasteiger partial charge in [0.25, 0.3) is 0 Å². The predicted octanol–water partition coefficient (Wildman–Crippen LogP) is 3.20. The Bertz CT molecular complexity index is 697. The summed E-state index contributed by atoms with van der Waals surface area (Å²) < 4.78 is 30.3. The maximum Gasteiger partial charge on any atom is 0.229 e. The molecule has 0 amide bonds. The van der Waals surface area contributed by atoms with Crippen molar-refractivity contribution in [2.75, 3.05) is 22.9 Å². The molecule has 0 aromatic heterocycles. The molecule has 21 heavy (non-hydrogen) atoms. The molecule has 0 bridgehead atoms. The van der Waals surface area contributed by atoms with E-state index < -0.39 is 10.0 Å². The molecule has 0 fully saturated rings. The van der Waals surface area contributed by atoms with Crippen LogP contribution in [0.3, 0.4) is 0 Å². The predicted molar refractivity (Wildman–Crippen MR) is 85.8 cm³/mol. The Morgan fingerprint density at radius 1 is 1.00 bits per heavy atom. The number of anilines is 3. The van der Waals surface area contributed by atoms with E-state index >= 15 is 0 Å². The smallest absolute Gasteiger partial charge is 0.229 e. The minimum absolute atomic E-state index is 0.529. The topological polar surface area (TPSA) is 67.4 Å². The van der Waals surface area contributed by atoms with E-state index in [1.807, 2.05) is 31.2 Å². The minimum Gasteiger partial charge on any atom is -0.492 e. The van der Waals surface area contributed by atoms with Gasteiger partial charge in [-0.15, -0.1) is 0 Å². The van der Waals surface area contributed by atoms with Gasteiger partial charge in [0, 0.05) is 11.4 Å². The van der Waals surface area contributed by atoms with Crippen molar-refractivity contribution in [2.24, 2.45) is 0 Å². The van der Waals surface area contributed by atoms with Crippen LogP contribution in [0.4, 0.5) is 17.1 Å². The molecule has 0 aliphatic heterocycles. The first-order valence-electron chi connectivity index (χ1n) is 6.54. The van der Waals surface area contributed by atoms with Crippen LogP contribution in [-0.2, 0) is 10.0 Å². The molecule has 0 atom stereocenters. The molecule has 0 aliphatic rings. The summed E-state index contributed by atoms with van der Waals surface area (Å²) in [4.78, 5) is 0. The van der Waals surface area contributed by atoms with Gasteiger partial charge >= 0.3 is 0 Å². The Morgan fingerprint density at radius 2 is 1.62 bits per heavy atom. The number of hydrogen-bond acceptors (Lipinski definition) is 4. The van der Waals surface area contributed by atoms with E-state index in [1.54, 1.807) is 24.3 Å². The first-order valence-corrected chi connectivity index (χ1v) is 8.44. The molecule has 0 saturated heterocycles. The molecule has 5 nitrogen and oxygen atoms in total. The van der Waals surface area contributed by atoms with Crippen molar-refractivity contribution in [1.82, 2.24) is 0 Å². The van der Waals surface area contributed by atoms with E-state index in [-0.39, 0.29) is 0 Å². The minimum atomic E-state index is -3.25. The number of ether oxygens (including phenoxy) is 1. The second-order valence-corrected chi connectivity index (χ2v) is 6.25. The second-order valence-electron chi connectivity index (χ2n) is 4.51. The molecule has 0 unspecified atom stereocenters. The lowest BCUT2D eigenvalue weighted by Gasteiger charge is -2.12. The van der Waals surface area contributed by atoms with Gasteiger partial charge in [-0.2, -0.15) is 0 Å². The fourth-order valence-corrected chi connectivity index (χ4v) is 2.41. The molecular weight excluding hydrogens is 288 g/mol. The molecule has 2 N–H and O–H groups in total. The van der Waals surface area contributed by atoms with Crippen LogP contribution < -0.4 is 14.8 Å². The van der Waals surface area contributed by atoms with Crippen LogP contribution in [0.2, 0.25) is 0 Å². The van der Waals surface area contributed by atoms with Gasteiger partial charge in [-0.05, 0) is 43.3 Å². The summed E-state index contributed by atoms with van der Waals surface area (Å²) in [5, 5.41) is 3.25. The Hall–Kier alpha value is -2.21. The molecular formula is C15H18N2O3S. The Morgan fingerprint density at radius 3 is 2.24 bits per heavy atom. The summed E-state index contributed by atoms with van der Waals surface area (Å²) >= 11 is 0. The van der Waals surface area contributed by atoms with Crippen molar-refractivity contribution in [1.29, 1.82) is 0 Å². The maximum absolute atomic E-state index is 11.1. The molecule has 0 saturated carbocycles. The highest BCUT2D eigenvalue weighted by Crippen LogP contribution is 2.27. The third kappa shape index (κ3) is 4.68. The van der Waals surface area contributed by atoms with Crippen LogP contribution in [0.5, 0.6) is 5.75 Å². The maximum atomic E-state index is 11.1. The number of sulfonamides is 1. The van der Waals surface area contributed by atoms with Crippen LogP contribution in [0.25, 0.3) is 0 Å². The van der Waals surface area contributed by atoms with Crippen LogP contribution in [-0.4, -0.2) is 21.3 Å². The Balaban J connectivity index is 2.14. The zero-order valence-electron chi connectivity index (χ0n) is 12.0. The molecule has 112 valence electrons. The summed E-state index contributed by atoms with van der Waals surface area (Å²) in [6.07, 6.45) is 1.12. The highest BCUT2D eigenvalue weighted by molar-refractivity contribution is 7.92. The third-order valence-electron chi connectivity index (χ3n) is 2.65. The van der Waals surface area contributed by atoms with Gasteiger partial charge in [-0.25, -0.2) is 8.42 Å². The molecule has 2 rings (SSSR count). The average Bonchev–Trinajstić information content (AvgIpc) is 2.42. The number of rotatable bonds is 6. The summed E-state index contributed by atoms with van der Waals surface area (Å²) in [6.45, 7) is 2.53. The van der Waals surface area contributed by atoms with E-state index in [1.165, 1.54) is 0 Å². The molecule has 2 aromatic rings. The van der Waals surface area contributed by atoms with E-state index in [0.717, 1.165) is 23.4 Å². The van der Waals surface area contributed by atoms with Crippen molar-refractivity contribution < 1.29 is 13.2 Å². The van der Waals surface area contributed by atoms with Crippen LogP contribution >= 0.6 is 0 Å². The van der Waals surface area contributed by atoms with E-state index in [0.29, 0.717) is 12.3 Å². The standard InChI is InChI=1S/C15H18N2O3S/c1-3-20-15-7-5-4-6-14(15)16-12-8-10-13(11-9-12)17-21(2,18)19/h4-11,16-17H,3H2,1-2H3. The quantitative estimate of drug-likeness (QED) is 0.860. The lowest BCUT2D eigenvalue weighted by atomic mass is 10.2. The third-order valence-corrected chi connectivity index (χ3v) is 3.26. The number of benzene rings is 2. The average molecular weight is 306 g/mol. The van der Waals surface area contributed by atoms with Crippen LogP contribution in [0.15, 0.2) is 48.5 Å². The summed E-state index contributed by atoms with van der Waals surface area (Å²) in [7, 11) is -3.25. The molecule has 6 heteroatoms.